The van der Waals surface area contributed by atoms with Crippen LogP contribution in [0.25, 0.3) is 33.3 Å². The van der Waals surface area contributed by atoms with Crippen LogP contribution in [0.1, 0.15) is 0 Å². The topological polar surface area (TPSA) is 38.9 Å². The quantitative estimate of drug-likeness (QED) is 0.504. The van der Waals surface area contributed by atoms with Crippen molar-refractivity contribution >= 4 is 38.0 Å². The molecule has 0 saturated carbocycles. The second kappa shape index (κ2) is 4.42. The minimum Gasteiger partial charge on any atom is -0.438 e. The molecule has 20 heavy (non-hydrogen) atoms. The lowest BCUT2D eigenvalue weighted by Gasteiger charge is -2.02. The predicted octanol–water partition coefficient (Wildman–Crippen LogP) is 4.81. The molecule has 0 aliphatic heterocycles. The van der Waals surface area contributed by atoms with Crippen LogP contribution in [0.15, 0.2) is 63.7 Å². The molecule has 0 N–H and O–H groups in total. The Morgan fingerprint density at radius 2 is 1.85 bits per heavy atom. The molecule has 3 aromatic heterocycles. The van der Waals surface area contributed by atoms with Crippen molar-refractivity contribution in [2.75, 3.05) is 0 Å². The number of aromatic nitrogens is 2. The summed E-state index contributed by atoms with van der Waals surface area (Å²) in [6, 6.07) is 13.9. The zero-order chi connectivity index (χ0) is 13.5. The second-order valence-electron chi connectivity index (χ2n) is 4.50. The first-order chi connectivity index (χ1) is 9.83. The average Bonchev–Trinajstić information content (AvgIpc) is 2.86. The van der Waals surface area contributed by atoms with Crippen LogP contribution in [0.4, 0.5) is 0 Å². The van der Waals surface area contributed by atoms with Gasteiger partial charge in [0.05, 0.1) is 11.1 Å². The van der Waals surface area contributed by atoms with Crippen molar-refractivity contribution in [1.82, 2.24) is 9.97 Å². The van der Waals surface area contributed by atoms with E-state index in [2.05, 4.69) is 25.9 Å². The maximum atomic E-state index is 5.79. The summed E-state index contributed by atoms with van der Waals surface area (Å²) in [5.41, 5.74) is 3.44. The van der Waals surface area contributed by atoms with Gasteiger partial charge in [-0.15, -0.1) is 0 Å². The lowest BCUT2D eigenvalue weighted by atomic mass is 10.1. The van der Waals surface area contributed by atoms with E-state index in [4.69, 9.17) is 4.42 Å². The molecule has 0 unspecified atom stereocenters. The Labute approximate surface area is 123 Å². The maximum absolute atomic E-state index is 5.79. The Morgan fingerprint density at radius 1 is 0.950 bits per heavy atom. The van der Waals surface area contributed by atoms with Crippen LogP contribution < -0.4 is 0 Å². The van der Waals surface area contributed by atoms with Crippen molar-refractivity contribution in [3.8, 4) is 11.3 Å². The van der Waals surface area contributed by atoms with E-state index in [0.29, 0.717) is 5.71 Å². The van der Waals surface area contributed by atoms with Crippen molar-refractivity contribution in [2.24, 2.45) is 0 Å². The highest BCUT2D eigenvalue weighted by Crippen LogP contribution is 2.34. The molecule has 1 aromatic carbocycles. The van der Waals surface area contributed by atoms with Gasteiger partial charge in [-0.25, -0.2) is 4.98 Å². The average molecular weight is 325 g/mol. The summed E-state index contributed by atoms with van der Waals surface area (Å²) in [6.45, 7) is 0. The number of furan rings is 1. The minimum atomic E-state index is 0.647. The van der Waals surface area contributed by atoms with E-state index >= 15 is 0 Å². The first kappa shape index (κ1) is 11.6. The van der Waals surface area contributed by atoms with Crippen LogP contribution in [-0.2, 0) is 0 Å². The number of para-hydroxylation sites is 1. The first-order valence-electron chi connectivity index (χ1n) is 6.21. The lowest BCUT2D eigenvalue weighted by Crippen LogP contribution is -1.85. The number of halogens is 1. The third-order valence-electron chi connectivity index (χ3n) is 3.28. The van der Waals surface area contributed by atoms with E-state index in [-0.39, 0.29) is 0 Å². The van der Waals surface area contributed by atoms with Crippen molar-refractivity contribution in [3.63, 3.8) is 0 Å². The van der Waals surface area contributed by atoms with E-state index < -0.39 is 0 Å². The van der Waals surface area contributed by atoms with Gasteiger partial charge in [-0.2, -0.15) is 0 Å². The van der Waals surface area contributed by atoms with Gasteiger partial charge in [0, 0.05) is 27.8 Å². The molecule has 3 nitrogen and oxygen atoms in total. The van der Waals surface area contributed by atoms with E-state index in [1.54, 1.807) is 12.4 Å². The molecule has 4 rings (SSSR count). The number of rotatable bonds is 1. The third-order valence-corrected chi connectivity index (χ3v) is 3.75. The third kappa shape index (κ3) is 1.72. The largest absolute Gasteiger partial charge is 0.438 e. The number of benzene rings is 1. The fourth-order valence-corrected chi connectivity index (χ4v) is 2.63. The van der Waals surface area contributed by atoms with E-state index in [9.17, 15) is 0 Å². The Morgan fingerprint density at radius 3 is 2.70 bits per heavy atom. The van der Waals surface area contributed by atoms with E-state index in [1.807, 2.05) is 42.5 Å². The summed E-state index contributed by atoms with van der Waals surface area (Å²) < 4.78 is 6.75. The van der Waals surface area contributed by atoms with Crippen molar-refractivity contribution in [1.29, 1.82) is 0 Å². The summed E-state index contributed by atoms with van der Waals surface area (Å²) in [4.78, 5) is 8.79. The number of nitrogens with zero attached hydrogens (tertiary/aromatic N) is 2. The van der Waals surface area contributed by atoms with Gasteiger partial charge in [-0.05, 0) is 40.2 Å². The molecule has 96 valence electrons. The van der Waals surface area contributed by atoms with E-state index in [0.717, 1.165) is 32.1 Å². The highest BCUT2D eigenvalue weighted by molar-refractivity contribution is 9.10. The molecule has 0 radical (unpaired) electrons. The highest BCUT2D eigenvalue weighted by atomic mass is 79.9. The smallest absolute Gasteiger partial charge is 0.227 e. The molecule has 4 heteroatoms. The van der Waals surface area contributed by atoms with E-state index in [1.165, 1.54) is 0 Å². The van der Waals surface area contributed by atoms with Gasteiger partial charge < -0.3 is 4.42 Å². The molecule has 0 spiro atoms. The zero-order valence-electron chi connectivity index (χ0n) is 10.4. The van der Waals surface area contributed by atoms with Crippen LogP contribution in [0.3, 0.4) is 0 Å². The second-order valence-corrected chi connectivity index (χ2v) is 5.41. The molecule has 3 heterocycles. The molecular formula is C16H9BrN2O. The monoisotopic (exact) mass is 324 g/mol. The Bertz CT molecular complexity index is 913. The van der Waals surface area contributed by atoms with Crippen molar-refractivity contribution < 1.29 is 4.42 Å². The van der Waals surface area contributed by atoms with Crippen LogP contribution in [0.2, 0.25) is 0 Å². The van der Waals surface area contributed by atoms with Gasteiger partial charge in [0.2, 0.25) is 5.71 Å². The Kier molecular flexibility index (Phi) is 2.57. The molecule has 0 aliphatic rings. The lowest BCUT2D eigenvalue weighted by molar-refractivity contribution is 0.654. The minimum absolute atomic E-state index is 0.647. The molecule has 0 saturated heterocycles. The summed E-state index contributed by atoms with van der Waals surface area (Å²) in [5.74, 6) is 0. The van der Waals surface area contributed by atoms with Gasteiger partial charge in [0.25, 0.3) is 0 Å². The van der Waals surface area contributed by atoms with Crippen molar-refractivity contribution in [2.45, 2.75) is 0 Å². The van der Waals surface area contributed by atoms with Crippen LogP contribution in [0, 0.1) is 0 Å². The predicted molar refractivity (Wildman–Crippen MR) is 82.4 cm³/mol. The summed E-state index contributed by atoms with van der Waals surface area (Å²) in [5, 5.41) is 2.08. The highest BCUT2D eigenvalue weighted by Gasteiger charge is 2.13. The first-order valence-corrected chi connectivity index (χ1v) is 7.00. The van der Waals surface area contributed by atoms with Crippen LogP contribution >= 0.6 is 15.9 Å². The van der Waals surface area contributed by atoms with Crippen LogP contribution in [0.5, 0.6) is 0 Å². The van der Waals surface area contributed by atoms with Crippen LogP contribution in [-0.4, -0.2) is 9.97 Å². The number of pyridine rings is 2. The van der Waals surface area contributed by atoms with Gasteiger partial charge in [-0.1, -0.05) is 18.2 Å². The SMILES string of the molecule is Brc1ccc(-c2ccnc3oc4ccccc4c23)nc1. The fraction of sp³-hybridized carbons (Fsp3) is 0. The standard InChI is InChI=1S/C16H9BrN2O/c17-10-5-6-13(19-9-10)11-7-8-18-16-15(11)12-3-1-2-4-14(12)20-16/h1-9H. The molecule has 0 bridgehead atoms. The normalized spacial score (nSPS) is 11.2. The number of fused-ring (bicyclic) bond motifs is 3. The van der Waals surface area contributed by atoms with Crippen molar-refractivity contribution in [3.05, 3.63) is 59.3 Å². The maximum Gasteiger partial charge on any atom is 0.227 e. The summed E-state index contributed by atoms with van der Waals surface area (Å²) in [7, 11) is 0. The van der Waals surface area contributed by atoms with Gasteiger partial charge in [-0.3, -0.25) is 4.98 Å². The molecule has 0 atom stereocenters. The molecule has 0 fully saturated rings. The van der Waals surface area contributed by atoms with Gasteiger partial charge >= 0.3 is 0 Å². The fourth-order valence-electron chi connectivity index (χ4n) is 2.40. The summed E-state index contributed by atoms with van der Waals surface area (Å²) in [6.07, 6.45) is 3.55. The molecule has 0 aliphatic carbocycles. The van der Waals surface area contributed by atoms with Gasteiger partial charge in [0.1, 0.15) is 5.58 Å². The Balaban J connectivity index is 2.11. The molecular weight excluding hydrogens is 316 g/mol. The summed E-state index contributed by atoms with van der Waals surface area (Å²) >= 11 is 3.41. The number of hydrogen-bond acceptors (Lipinski definition) is 3. The molecule has 4 aromatic rings. The number of hydrogen-bond donors (Lipinski definition) is 0. The van der Waals surface area contributed by atoms with Gasteiger partial charge in [0.15, 0.2) is 0 Å². The molecule has 0 amide bonds. The Hall–Kier alpha value is -2.20. The zero-order valence-corrected chi connectivity index (χ0v) is 12.0.